The quantitative estimate of drug-likeness (QED) is 0.658. The van der Waals surface area contributed by atoms with E-state index < -0.39 is 10.0 Å². The average molecular weight is 355 g/mol. The first-order valence-corrected chi connectivity index (χ1v) is 9.79. The maximum Gasteiger partial charge on any atom is 0.251 e. The minimum Gasteiger partial charge on any atom is -0.383 e. The molecule has 0 saturated carbocycles. The van der Waals surface area contributed by atoms with Gasteiger partial charge >= 0.3 is 0 Å². The van der Waals surface area contributed by atoms with Crippen molar-refractivity contribution in [3.63, 3.8) is 0 Å². The Kier molecular flexibility index (Phi) is 6.20. The van der Waals surface area contributed by atoms with Crippen molar-refractivity contribution < 1.29 is 17.9 Å². The maximum absolute atomic E-state index is 12.2. The molecule has 0 saturated heterocycles. The van der Waals surface area contributed by atoms with Crippen molar-refractivity contribution in [2.24, 2.45) is 0 Å². The SMILES string of the molecule is COCCNCCNC(=O)c1ccc2c(c1)CC(C)N2S(C)(=O)=O. The molecule has 0 radical (unpaired) electrons. The summed E-state index contributed by atoms with van der Waals surface area (Å²) in [4.78, 5) is 12.2. The Labute approximate surface area is 143 Å². The Bertz CT molecular complexity index is 691. The molecule has 1 aromatic rings. The zero-order valence-corrected chi connectivity index (χ0v) is 15.1. The van der Waals surface area contributed by atoms with Gasteiger partial charge in [0.05, 0.1) is 18.6 Å². The third-order valence-corrected chi connectivity index (χ3v) is 5.19. The molecule has 24 heavy (non-hydrogen) atoms. The largest absolute Gasteiger partial charge is 0.383 e. The fourth-order valence-electron chi connectivity index (χ4n) is 2.92. The van der Waals surface area contributed by atoms with E-state index in [1.54, 1.807) is 25.3 Å². The average Bonchev–Trinajstić information content (AvgIpc) is 2.85. The lowest BCUT2D eigenvalue weighted by Gasteiger charge is -2.21. The van der Waals surface area contributed by atoms with Crippen molar-refractivity contribution in [1.82, 2.24) is 10.6 Å². The van der Waals surface area contributed by atoms with Crippen LogP contribution in [0.1, 0.15) is 22.8 Å². The van der Waals surface area contributed by atoms with Crippen molar-refractivity contribution in [1.29, 1.82) is 0 Å². The Balaban J connectivity index is 1.97. The summed E-state index contributed by atoms with van der Waals surface area (Å²) in [5.41, 5.74) is 2.11. The van der Waals surface area contributed by atoms with Gasteiger partial charge in [-0.15, -0.1) is 0 Å². The Morgan fingerprint density at radius 2 is 2.08 bits per heavy atom. The molecular formula is C16H25N3O4S. The van der Waals surface area contributed by atoms with Crippen molar-refractivity contribution in [2.45, 2.75) is 19.4 Å². The summed E-state index contributed by atoms with van der Waals surface area (Å²) in [5.74, 6) is -0.156. The van der Waals surface area contributed by atoms with Gasteiger partial charge in [0.15, 0.2) is 0 Å². The number of ether oxygens (including phenoxy) is 1. The van der Waals surface area contributed by atoms with Crippen LogP contribution in [0.2, 0.25) is 0 Å². The highest BCUT2D eigenvalue weighted by molar-refractivity contribution is 7.92. The highest BCUT2D eigenvalue weighted by atomic mass is 32.2. The smallest absolute Gasteiger partial charge is 0.251 e. The number of nitrogens with one attached hydrogen (secondary N) is 2. The standard InChI is InChI=1S/C16H25N3O4S/c1-12-10-14-11-13(4-5-15(14)19(12)24(3,21)22)16(20)18-7-6-17-8-9-23-2/h4-5,11-12,17H,6-10H2,1-3H3,(H,18,20). The van der Waals surface area contributed by atoms with Crippen LogP contribution in [-0.2, 0) is 21.2 Å². The first kappa shape index (κ1) is 18.7. The third kappa shape index (κ3) is 4.46. The number of benzene rings is 1. The number of rotatable bonds is 8. The molecule has 0 bridgehead atoms. The summed E-state index contributed by atoms with van der Waals surface area (Å²) < 4.78 is 30.2. The van der Waals surface area contributed by atoms with Crippen LogP contribution in [0.15, 0.2) is 18.2 Å². The number of anilines is 1. The molecule has 1 aliphatic rings. The van der Waals surface area contributed by atoms with Gasteiger partial charge in [-0.25, -0.2) is 8.42 Å². The van der Waals surface area contributed by atoms with E-state index in [0.29, 0.717) is 37.4 Å². The minimum atomic E-state index is -3.31. The number of hydrogen-bond donors (Lipinski definition) is 2. The highest BCUT2D eigenvalue weighted by Crippen LogP contribution is 2.34. The molecule has 2 rings (SSSR count). The van der Waals surface area contributed by atoms with E-state index in [0.717, 1.165) is 12.1 Å². The van der Waals surface area contributed by atoms with Crippen LogP contribution in [-0.4, -0.2) is 60.0 Å². The van der Waals surface area contributed by atoms with Crippen molar-refractivity contribution >= 4 is 21.6 Å². The van der Waals surface area contributed by atoms with E-state index in [9.17, 15) is 13.2 Å². The molecule has 1 aromatic carbocycles. The topological polar surface area (TPSA) is 87.7 Å². The van der Waals surface area contributed by atoms with Crippen LogP contribution in [0.4, 0.5) is 5.69 Å². The second-order valence-corrected chi connectivity index (χ2v) is 7.81. The minimum absolute atomic E-state index is 0.127. The highest BCUT2D eigenvalue weighted by Gasteiger charge is 2.32. The number of fused-ring (bicyclic) bond motifs is 1. The van der Waals surface area contributed by atoms with Crippen molar-refractivity contribution in [3.05, 3.63) is 29.3 Å². The van der Waals surface area contributed by atoms with E-state index in [2.05, 4.69) is 10.6 Å². The second kappa shape index (κ2) is 7.96. The molecule has 1 heterocycles. The van der Waals surface area contributed by atoms with Gasteiger partial charge in [0.2, 0.25) is 10.0 Å². The fraction of sp³-hybridized carbons (Fsp3) is 0.562. The zero-order chi connectivity index (χ0) is 17.7. The first-order chi connectivity index (χ1) is 11.3. The number of methoxy groups -OCH3 is 1. The molecule has 1 amide bonds. The van der Waals surface area contributed by atoms with Gasteiger partial charge in [0, 0.05) is 38.3 Å². The van der Waals surface area contributed by atoms with Crippen molar-refractivity contribution in [3.8, 4) is 0 Å². The van der Waals surface area contributed by atoms with Gasteiger partial charge < -0.3 is 15.4 Å². The molecule has 0 fully saturated rings. The number of amides is 1. The molecule has 1 atom stereocenters. The summed E-state index contributed by atoms with van der Waals surface area (Å²) in [7, 11) is -1.67. The van der Waals surface area contributed by atoms with Gasteiger partial charge in [-0.1, -0.05) is 0 Å². The molecule has 7 nitrogen and oxygen atoms in total. The molecule has 1 unspecified atom stereocenters. The van der Waals surface area contributed by atoms with E-state index in [1.807, 2.05) is 6.92 Å². The molecule has 8 heteroatoms. The van der Waals surface area contributed by atoms with Crippen LogP contribution >= 0.6 is 0 Å². The van der Waals surface area contributed by atoms with Crippen LogP contribution in [0.5, 0.6) is 0 Å². The molecular weight excluding hydrogens is 330 g/mol. The summed E-state index contributed by atoms with van der Waals surface area (Å²) in [6.45, 7) is 4.43. The predicted octanol–water partition coefficient (Wildman–Crippen LogP) is 0.363. The van der Waals surface area contributed by atoms with Gasteiger partial charge in [-0.3, -0.25) is 9.10 Å². The Morgan fingerprint density at radius 3 is 2.75 bits per heavy atom. The van der Waals surface area contributed by atoms with E-state index in [1.165, 1.54) is 10.6 Å². The monoisotopic (exact) mass is 355 g/mol. The molecule has 0 spiro atoms. The summed E-state index contributed by atoms with van der Waals surface area (Å²) in [6.07, 6.45) is 1.82. The van der Waals surface area contributed by atoms with Crippen LogP contribution in [0.25, 0.3) is 0 Å². The number of carbonyl (C=O) groups excluding carboxylic acids is 1. The third-order valence-electron chi connectivity index (χ3n) is 3.92. The zero-order valence-electron chi connectivity index (χ0n) is 14.3. The van der Waals surface area contributed by atoms with Gasteiger partial charge in [-0.05, 0) is 37.1 Å². The number of hydrogen-bond acceptors (Lipinski definition) is 5. The molecule has 2 N–H and O–H groups in total. The fourth-order valence-corrected chi connectivity index (χ4v) is 4.18. The Morgan fingerprint density at radius 1 is 1.33 bits per heavy atom. The lowest BCUT2D eigenvalue weighted by molar-refractivity contribution is 0.0953. The van der Waals surface area contributed by atoms with Crippen LogP contribution in [0, 0.1) is 0 Å². The van der Waals surface area contributed by atoms with E-state index >= 15 is 0 Å². The molecule has 0 aromatic heterocycles. The van der Waals surface area contributed by atoms with Crippen LogP contribution < -0.4 is 14.9 Å². The Hall–Kier alpha value is -1.64. The van der Waals surface area contributed by atoms with Gasteiger partial charge in [0.25, 0.3) is 5.91 Å². The van der Waals surface area contributed by atoms with E-state index in [-0.39, 0.29) is 11.9 Å². The summed E-state index contributed by atoms with van der Waals surface area (Å²) in [6, 6.07) is 5.04. The normalized spacial score (nSPS) is 17.0. The molecule has 0 aliphatic carbocycles. The molecule has 134 valence electrons. The van der Waals surface area contributed by atoms with Crippen molar-refractivity contribution in [2.75, 3.05) is 43.9 Å². The number of nitrogens with zero attached hydrogens (tertiary/aromatic N) is 1. The molecule has 1 aliphatic heterocycles. The first-order valence-electron chi connectivity index (χ1n) is 7.94. The maximum atomic E-state index is 12.2. The second-order valence-electron chi connectivity index (χ2n) is 5.95. The lowest BCUT2D eigenvalue weighted by Crippen LogP contribution is -2.34. The van der Waals surface area contributed by atoms with Crippen LogP contribution in [0.3, 0.4) is 0 Å². The van der Waals surface area contributed by atoms with E-state index in [4.69, 9.17) is 4.74 Å². The summed E-state index contributed by atoms with van der Waals surface area (Å²) in [5, 5.41) is 6.00. The summed E-state index contributed by atoms with van der Waals surface area (Å²) >= 11 is 0. The number of sulfonamides is 1. The van der Waals surface area contributed by atoms with Gasteiger partial charge in [0.1, 0.15) is 0 Å². The van der Waals surface area contributed by atoms with Gasteiger partial charge in [-0.2, -0.15) is 0 Å². The lowest BCUT2D eigenvalue weighted by atomic mass is 10.1. The number of carbonyl (C=O) groups is 1. The predicted molar refractivity (Wildman–Crippen MR) is 94.0 cm³/mol.